The van der Waals surface area contributed by atoms with Crippen LogP contribution < -0.4 is 10.4 Å². The maximum absolute atomic E-state index is 11.2. The fourth-order valence-electron chi connectivity index (χ4n) is 1.84. The summed E-state index contributed by atoms with van der Waals surface area (Å²) >= 11 is 0. The zero-order valence-corrected chi connectivity index (χ0v) is 10.5. The van der Waals surface area contributed by atoms with Gasteiger partial charge in [0, 0.05) is 6.07 Å². The summed E-state index contributed by atoms with van der Waals surface area (Å²) in [4.78, 5) is 11.2. The second-order valence-corrected chi connectivity index (χ2v) is 4.11. The van der Waals surface area contributed by atoms with Gasteiger partial charge in [-0.2, -0.15) is 0 Å². The van der Waals surface area contributed by atoms with Crippen molar-refractivity contribution in [3.63, 3.8) is 0 Å². The molecular formula is C14H16O4. The molecule has 4 heteroatoms. The summed E-state index contributed by atoms with van der Waals surface area (Å²) in [6.07, 6.45) is 1.69. The van der Waals surface area contributed by atoms with Crippen LogP contribution in [0, 0.1) is 0 Å². The van der Waals surface area contributed by atoms with E-state index in [2.05, 4.69) is 0 Å². The summed E-state index contributed by atoms with van der Waals surface area (Å²) in [5, 5.41) is 10.3. The predicted molar refractivity (Wildman–Crippen MR) is 69.3 cm³/mol. The molecule has 96 valence electrons. The smallest absolute Gasteiger partial charge is 0.339 e. The van der Waals surface area contributed by atoms with Crippen molar-refractivity contribution in [2.24, 2.45) is 0 Å². The summed E-state index contributed by atoms with van der Waals surface area (Å²) in [6, 6.07) is 4.55. The van der Waals surface area contributed by atoms with Crippen LogP contribution in [0.4, 0.5) is 0 Å². The van der Waals surface area contributed by atoms with Crippen LogP contribution in [0.3, 0.4) is 0 Å². The highest BCUT2D eigenvalue weighted by atomic mass is 16.5. The molecule has 4 nitrogen and oxygen atoms in total. The first-order chi connectivity index (χ1) is 8.65. The van der Waals surface area contributed by atoms with Crippen LogP contribution in [0.5, 0.6) is 11.5 Å². The van der Waals surface area contributed by atoms with Crippen molar-refractivity contribution in [2.45, 2.75) is 26.7 Å². The highest BCUT2D eigenvalue weighted by molar-refractivity contribution is 5.85. The van der Waals surface area contributed by atoms with E-state index < -0.39 is 5.63 Å². The molecule has 2 aromatic rings. The molecule has 0 unspecified atom stereocenters. The summed E-state index contributed by atoms with van der Waals surface area (Å²) < 4.78 is 10.7. The molecule has 1 N–H and O–H groups in total. The number of aromatic hydroxyl groups is 1. The zero-order chi connectivity index (χ0) is 13.1. The molecule has 1 aromatic heterocycles. The van der Waals surface area contributed by atoms with Gasteiger partial charge in [-0.1, -0.05) is 13.8 Å². The van der Waals surface area contributed by atoms with Crippen molar-refractivity contribution in [3.05, 3.63) is 34.2 Å². The average molecular weight is 248 g/mol. The molecule has 0 spiro atoms. The van der Waals surface area contributed by atoms with Gasteiger partial charge < -0.3 is 14.3 Å². The van der Waals surface area contributed by atoms with Gasteiger partial charge in [0.1, 0.15) is 17.1 Å². The molecule has 0 fully saturated rings. The molecule has 0 saturated heterocycles. The lowest BCUT2D eigenvalue weighted by Gasteiger charge is -2.11. The van der Waals surface area contributed by atoms with E-state index in [-0.39, 0.29) is 5.75 Å². The van der Waals surface area contributed by atoms with Crippen molar-refractivity contribution >= 4 is 11.0 Å². The van der Waals surface area contributed by atoms with Crippen molar-refractivity contribution in [2.75, 3.05) is 6.61 Å². The lowest BCUT2D eigenvalue weighted by molar-refractivity contribution is 0.314. The minimum Gasteiger partial charge on any atom is -0.507 e. The van der Waals surface area contributed by atoms with Gasteiger partial charge in [0.15, 0.2) is 0 Å². The minimum atomic E-state index is -0.564. The Morgan fingerprint density at radius 3 is 2.72 bits per heavy atom. The summed E-state index contributed by atoms with van der Waals surface area (Å²) in [6.45, 7) is 4.65. The largest absolute Gasteiger partial charge is 0.507 e. The number of hydrogen-bond acceptors (Lipinski definition) is 4. The van der Waals surface area contributed by atoms with Gasteiger partial charge in [0.25, 0.3) is 0 Å². The predicted octanol–water partition coefficient (Wildman–Crippen LogP) is 2.85. The number of hydrogen-bond donors (Lipinski definition) is 1. The van der Waals surface area contributed by atoms with E-state index in [1.54, 1.807) is 12.1 Å². The Morgan fingerprint density at radius 2 is 2.06 bits per heavy atom. The Hall–Kier alpha value is -1.97. The molecule has 18 heavy (non-hydrogen) atoms. The molecule has 0 aliphatic heterocycles. The third-order valence-corrected chi connectivity index (χ3v) is 2.75. The van der Waals surface area contributed by atoms with E-state index >= 15 is 0 Å². The van der Waals surface area contributed by atoms with Crippen LogP contribution in [0.15, 0.2) is 27.4 Å². The van der Waals surface area contributed by atoms with Gasteiger partial charge in [0.2, 0.25) is 0 Å². The molecular weight excluding hydrogens is 232 g/mol. The van der Waals surface area contributed by atoms with Gasteiger partial charge in [-0.25, -0.2) is 4.79 Å². The Kier molecular flexibility index (Phi) is 3.55. The van der Waals surface area contributed by atoms with Gasteiger partial charge >= 0.3 is 5.63 Å². The summed E-state index contributed by atoms with van der Waals surface area (Å²) in [5.41, 5.74) is 0.772. The first kappa shape index (κ1) is 12.5. The van der Waals surface area contributed by atoms with Gasteiger partial charge in [-0.15, -0.1) is 0 Å². The molecule has 0 bridgehead atoms. The molecule has 0 amide bonds. The molecule has 0 saturated carbocycles. The van der Waals surface area contributed by atoms with Gasteiger partial charge in [-0.05, 0) is 24.5 Å². The van der Waals surface area contributed by atoms with Crippen LogP contribution in [0.1, 0.15) is 25.8 Å². The number of rotatable bonds is 4. The Labute approximate surface area is 105 Å². The molecule has 0 aliphatic carbocycles. The second kappa shape index (κ2) is 5.12. The van der Waals surface area contributed by atoms with E-state index in [0.717, 1.165) is 24.5 Å². The Morgan fingerprint density at radius 1 is 1.28 bits per heavy atom. The maximum atomic E-state index is 11.2. The molecule has 0 aliphatic rings. The highest BCUT2D eigenvalue weighted by Crippen LogP contribution is 2.30. The maximum Gasteiger partial charge on any atom is 0.339 e. The lowest BCUT2D eigenvalue weighted by atomic mass is 10.1. The first-order valence-electron chi connectivity index (χ1n) is 6.08. The normalized spacial score (nSPS) is 10.8. The molecule has 2 rings (SSSR count). The summed E-state index contributed by atoms with van der Waals surface area (Å²) in [5.74, 6) is 0.651. The monoisotopic (exact) mass is 248 g/mol. The van der Waals surface area contributed by atoms with Crippen LogP contribution in [0.25, 0.3) is 11.0 Å². The van der Waals surface area contributed by atoms with Gasteiger partial charge in [0.05, 0.1) is 18.1 Å². The number of benzene rings is 1. The molecule has 0 atom stereocenters. The number of fused-ring (bicyclic) bond motifs is 1. The Bertz CT molecular complexity index is 613. The SMILES string of the molecule is CCCOc1cc2oc(=O)cc(O)c2cc1CC. The summed E-state index contributed by atoms with van der Waals surface area (Å²) in [7, 11) is 0. The van der Waals surface area contributed by atoms with Crippen molar-refractivity contribution in [1.82, 2.24) is 0 Å². The molecule has 1 aromatic carbocycles. The topological polar surface area (TPSA) is 59.7 Å². The van der Waals surface area contributed by atoms with Crippen LogP contribution in [0.2, 0.25) is 0 Å². The Balaban J connectivity index is 2.61. The molecule has 1 heterocycles. The fraction of sp³-hybridized carbons (Fsp3) is 0.357. The van der Waals surface area contributed by atoms with E-state index in [9.17, 15) is 9.90 Å². The minimum absolute atomic E-state index is 0.0574. The third kappa shape index (κ3) is 2.32. The van der Waals surface area contributed by atoms with Crippen LogP contribution >= 0.6 is 0 Å². The van der Waals surface area contributed by atoms with Crippen LogP contribution in [-0.2, 0) is 6.42 Å². The third-order valence-electron chi connectivity index (χ3n) is 2.75. The quantitative estimate of drug-likeness (QED) is 0.845. The molecule has 0 radical (unpaired) electrons. The van der Waals surface area contributed by atoms with E-state index in [4.69, 9.17) is 9.15 Å². The first-order valence-corrected chi connectivity index (χ1v) is 6.08. The van der Waals surface area contributed by atoms with Crippen molar-refractivity contribution in [1.29, 1.82) is 0 Å². The standard InChI is InChI=1S/C14H16O4/c1-3-5-17-12-8-13-10(6-9(12)4-2)11(15)7-14(16)18-13/h6-8,15H,3-5H2,1-2H3. The average Bonchev–Trinajstić information content (AvgIpc) is 2.35. The number of aryl methyl sites for hydroxylation is 1. The van der Waals surface area contributed by atoms with Crippen LogP contribution in [-0.4, -0.2) is 11.7 Å². The van der Waals surface area contributed by atoms with E-state index in [0.29, 0.717) is 23.3 Å². The lowest BCUT2D eigenvalue weighted by Crippen LogP contribution is -2.00. The number of ether oxygens (including phenoxy) is 1. The van der Waals surface area contributed by atoms with Crippen molar-refractivity contribution in [3.8, 4) is 11.5 Å². The van der Waals surface area contributed by atoms with Crippen molar-refractivity contribution < 1.29 is 14.3 Å². The highest BCUT2D eigenvalue weighted by Gasteiger charge is 2.10. The second-order valence-electron chi connectivity index (χ2n) is 4.11. The van der Waals surface area contributed by atoms with E-state index in [1.165, 1.54) is 0 Å². The van der Waals surface area contributed by atoms with Gasteiger partial charge in [-0.3, -0.25) is 0 Å². The fourth-order valence-corrected chi connectivity index (χ4v) is 1.84. The zero-order valence-electron chi connectivity index (χ0n) is 10.5. The van der Waals surface area contributed by atoms with E-state index in [1.807, 2.05) is 13.8 Å².